The summed E-state index contributed by atoms with van der Waals surface area (Å²) in [4.78, 5) is 27.0. The van der Waals surface area contributed by atoms with Gasteiger partial charge in [-0.2, -0.15) is 18.2 Å². The van der Waals surface area contributed by atoms with Crippen LogP contribution in [-0.4, -0.2) is 44.9 Å². The summed E-state index contributed by atoms with van der Waals surface area (Å²) in [7, 11) is 3.68. The number of nitrogens with one attached hydrogen (secondary N) is 1. The van der Waals surface area contributed by atoms with Crippen molar-refractivity contribution in [3.8, 4) is 5.69 Å². The van der Waals surface area contributed by atoms with Gasteiger partial charge in [0.2, 0.25) is 0 Å². The van der Waals surface area contributed by atoms with Crippen LogP contribution in [0.2, 0.25) is 5.02 Å². The number of rotatable bonds is 4. The third kappa shape index (κ3) is 4.45. The molecule has 0 saturated carbocycles. The van der Waals surface area contributed by atoms with Gasteiger partial charge in [0.1, 0.15) is 12.7 Å². The molecule has 0 spiro atoms. The number of alkyl halides is 3. The summed E-state index contributed by atoms with van der Waals surface area (Å²) in [5.41, 5.74) is 0.609. The fourth-order valence-corrected chi connectivity index (χ4v) is 3.43. The number of halogens is 4. The van der Waals surface area contributed by atoms with Gasteiger partial charge in [0, 0.05) is 25.5 Å². The van der Waals surface area contributed by atoms with Crippen molar-refractivity contribution in [1.29, 1.82) is 0 Å². The molecule has 4 rings (SSSR count). The zero-order valence-corrected chi connectivity index (χ0v) is 18.5. The Kier molecular flexibility index (Phi) is 6.02. The summed E-state index contributed by atoms with van der Waals surface area (Å²) in [6.07, 6.45) is -1.70. The van der Waals surface area contributed by atoms with E-state index in [1.807, 2.05) is 19.0 Å². The smallest absolute Gasteiger partial charge is 0.361 e. The average molecular weight is 492 g/mol. The largest absolute Gasteiger partial charge is 0.417 e. The van der Waals surface area contributed by atoms with Gasteiger partial charge in [-0.1, -0.05) is 11.6 Å². The topological polar surface area (TPSA) is 99.4 Å². The number of hydrogen-bond donors (Lipinski definition) is 2. The molecule has 0 aliphatic rings. The second kappa shape index (κ2) is 8.80. The molecule has 9 nitrogen and oxygen atoms in total. The molecule has 176 valence electrons. The molecule has 0 aliphatic carbocycles. The van der Waals surface area contributed by atoms with Gasteiger partial charge in [0.25, 0.3) is 0 Å². The average Bonchev–Trinajstić information content (AvgIpc) is 3.23. The molecule has 0 unspecified atom stereocenters. The van der Waals surface area contributed by atoms with E-state index in [0.29, 0.717) is 28.7 Å². The molecule has 0 atom stereocenters. The lowest BCUT2D eigenvalue weighted by molar-refractivity contribution is -0.137. The molecule has 0 radical (unpaired) electrons. The van der Waals surface area contributed by atoms with Crippen LogP contribution in [0.5, 0.6) is 0 Å². The van der Waals surface area contributed by atoms with Crippen LogP contribution < -0.4 is 15.3 Å². The Balaban J connectivity index is 1.54. The highest BCUT2D eigenvalue weighted by Crippen LogP contribution is 2.36. The third-order valence-electron chi connectivity index (χ3n) is 4.83. The molecule has 0 bridgehead atoms. The van der Waals surface area contributed by atoms with Gasteiger partial charge >= 0.3 is 12.2 Å². The second-order valence-electron chi connectivity index (χ2n) is 7.33. The molecular weight excluding hydrogens is 475 g/mol. The predicted octanol–water partition coefficient (Wildman–Crippen LogP) is 4.98. The monoisotopic (exact) mass is 491 g/mol. The molecule has 2 aromatic carbocycles. The van der Waals surface area contributed by atoms with Crippen LogP contribution in [0.15, 0.2) is 55.1 Å². The molecule has 13 heteroatoms. The third-order valence-corrected chi connectivity index (χ3v) is 5.16. The Bertz CT molecular complexity index is 1360. The number of anilines is 3. The van der Waals surface area contributed by atoms with E-state index < -0.39 is 22.8 Å². The van der Waals surface area contributed by atoms with E-state index in [-0.39, 0.29) is 16.4 Å². The van der Waals surface area contributed by atoms with Crippen molar-refractivity contribution in [1.82, 2.24) is 19.5 Å². The standard InChI is InChI=1S/C21H17ClF3N7O2/c1-30(2)18-17-19(27-10-26-18)31(11-28-17)13-4-6-14(7-5-13)32(34)20(33)29-12-3-8-16(22)15(9-12)21(23,24)25/h3-11,34H,1-2H3,(H,29,33). The van der Waals surface area contributed by atoms with Crippen molar-refractivity contribution in [2.45, 2.75) is 6.18 Å². The zero-order chi connectivity index (χ0) is 24.6. The Morgan fingerprint density at radius 1 is 1.09 bits per heavy atom. The lowest BCUT2D eigenvalue weighted by atomic mass is 10.2. The number of fused-ring (bicyclic) bond motifs is 1. The van der Waals surface area contributed by atoms with Crippen molar-refractivity contribution in [3.05, 3.63) is 65.7 Å². The summed E-state index contributed by atoms with van der Waals surface area (Å²) in [6, 6.07) is 7.99. The van der Waals surface area contributed by atoms with Gasteiger partial charge in [-0.15, -0.1) is 0 Å². The summed E-state index contributed by atoms with van der Waals surface area (Å²) in [6.45, 7) is 0. The number of aromatic nitrogens is 4. The maximum atomic E-state index is 13.0. The minimum absolute atomic E-state index is 0.0827. The van der Waals surface area contributed by atoms with Crippen molar-refractivity contribution in [2.75, 3.05) is 29.4 Å². The number of nitrogens with zero attached hydrogens (tertiary/aromatic N) is 6. The summed E-state index contributed by atoms with van der Waals surface area (Å²) < 4.78 is 40.8. The Hall–Kier alpha value is -3.90. The van der Waals surface area contributed by atoms with Crippen molar-refractivity contribution in [3.63, 3.8) is 0 Å². The number of amides is 2. The molecule has 2 heterocycles. The maximum Gasteiger partial charge on any atom is 0.417 e. The fourth-order valence-electron chi connectivity index (χ4n) is 3.21. The van der Waals surface area contributed by atoms with E-state index in [4.69, 9.17) is 11.6 Å². The first-order valence-electron chi connectivity index (χ1n) is 9.69. The van der Waals surface area contributed by atoms with Crippen LogP contribution in [0.25, 0.3) is 16.9 Å². The fraction of sp³-hybridized carbons (Fsp3) is 0.143. The van der Waals surface area contributed by atoms with E-state index in [1.54, 1.807) is 23.0 Å². The van der Waals surface area contributed by atoms with Crippen molar-refractivity contribution in [2.24, 2.45) is 0 Å². The molecule has 4 aromatic rings. The maximum absolute atomic E-state index is 13.0. The molecule has 0 fully saturated rings. The molecule has 2 amide bonds. The first-order chi connectivity index (χ1) is 16.1. The van der Waals surface area contributed by atoms with Gasteiger partial charge in [-0.3, -0.25) is 9.77 Å². The first-order valence-corrected chi connectivity index (χ1v) is 10.1. The van der Waals surface area contributed by atoms with Crippen LogP contribution in [0.3, 0.4) is 0 Å². The van der Waals surface area contributed by atoms with E-state index in [0.717, 1.165) is 6.07 Å². The Morgan fingerprint density at radius 2 is 1.79 bits per heavy atom. The number of benzene rings is 2. The van der Waals surface area contributed by atoms with Crippen molar-refractivity contribution >= 4 is 46.0 Å². The Labute approximate surface area is 196 Å². The van der Waals surface area contributed by atoms with Gasteiger partial charge in [0.15, 0.2) is 17.0 Å². The van der Waals surface area contributed by atoms with Crippen LogP contribution in [0.4, 0.5) is 35.2 Å². The van der Waals surface area contributed by atoms with E-state index in [9.17, 15) is 23.2 Å². The molecule has 34 heavy (non-hydrogen) atoms. The normalized spacial score (nSPS) is 11.5. The Morgan fingerprint density at radius 3 is 2.44 bits per heavy atom. The number of carbonyl (C=O) groups is 1. The number of imidazole rings is 1. The SMILES string of the molecule is CN(C)c1ncnc2c1ncn2-c1ccc(N(O)C(=O)Nc2ccc(Cl)c(C(F)(F)F)c2)cc1. The number of hydrogen-bond acceptors (Lipinski definition) is 6. The van der Waals surface area contributed by atoms with E-state index >= 15 is 0 Å². The minimum atomic E-state index is -4.69. The summed E-state index contributed by atoms with van der Waals surface area (Å²) in [5, 5.41) is 12.2. The number of carbonyl (C=O) groups excluding carboxylic acids is 1. The molecule has 0 aliphatic heterocycles. The van der Waals surface area contributed by atoms with Crippen LogP contribution in [0, 0.1) is 0 Å². The van der Waals surface area contributed by atoms with E-state index in [2.05, 4.69) is 20.3 Å². The van der Waals surface area contributed by atoms with Crippen molar-refractivity contribution < 1.29 is 23.2 Å². The number of hydroxylamine groups is 1. The van der Waals surface area contributed by atoms with Crippen LogP contribution in [-0.2, 0) is 6.18 Å². The molecule has 2 N–H and O–H groups in total. The van der Waals surface area contributed by atoms with Crippen LogP contribution >= 0.6 is 11.6 Å². The second-order valence-corrected chi connectivity index (χ2v) is 7.74. The summed E-state index contributed by atoms with van der Waals surface area (Å²) >= 11 is 5.58. The highest BCUT2D eigenvalue weighted by molar-refractivity contribution is 6.31. The van der Waals surface area contributed by atoms with Gasteiger partial charge in [-0.25, -0.2) is 19.7 Å². The minimum Gasteiger partial charge on any atom is -0.361 e. The van der Waals surface area contributed by atoms with Gasteiger partial charge < -0.3 is 10.2 Å². The highest BCUT2D eigenvalue weighted by Gasteiger charge is 2.33. The van der Waals surface area contributed by atoms with Gasteiger partial charge in [-0.05, 0) is 42.5 Å². The predicted molar refractivity (Wildman–Crippen MR) is 121 cm³/mol. The molecule has 0 saturated heterocycles. The van der Waals surface area contributed by atoms with E-state index in [1.165, 1.54) is 24.5 Å². The van der Waals surface area contributed by atoms with Gasteiger partial charge in [0.05, 0.1) is 16.3 Å². The van der Waals surface area contributed by atoms with Crippen LogP contribution in [0.1, 0.15) is 5.56 Å². The highest BCUT2D eigenvalue weighted by atomic mass is 35.5. The lowest BCUT2D eigenvalue weighted by Crippen LogP contribution is -2.31. The quantitative estimate of drug-likeness (QED) is 0.308. The summed E-state index contributed by atoms with van der Waals surface area (Å²) in [5.74, 6) is 0.648. The zero-order valence-electron chi connectivity index (χ0n) is 17.7. The molecule has 2 aromatic heterocycles. The molecular formula is C21H17ClF3N7O2. The first kappa shape index (κ1) is 23.3. The lowest BCUT2D eigenvalue weighted by Gasteiger charge is -2.17. The number of urea groups is 1.